The number of methoxy groups -OCH3 is 1. The number of rotatable bonds is 6. The minimum absolute atomic E-state index is 0.163. The Morgan fingerprint density at radius 1 is 1.38 bits per heavy atom. The van der Waals surface area contributed by atoms with Gasteiger partial charge in [0.1, 0.15) is 18.4 Å². The third kappa shape index (κ3) is 4.31. The predicted molar refractivity (Wildman–Crippen MR) is 88.8 cm³/mol. The van der Waals surface area contributed by atoms with E-state index in [1.807, 2.05) is 6.07 Å². The molecule has 2 heterocycles. The van der Waals surface area contributed by atoms with E-state index in [1.54, 1.807) is 18.1 Å². The Bertz CT molecular complexity index is 633. The van der Waals surface area contributed by atoms with Gasteiger partial charge in [0.25, 0.3) is 0 Å². The normalized spacial score (nSPS) is 19.2. The van der Waals surface area contributed by atoms with Crippen LogP contribution in [-0.4, -0.2) is 64.8 Å². The summed E-state index contributed by atoms with van der Waals surface area (Å²) in [6.07, 6.45) is 3.23. The van der Waals surface area contributed by atoms with Crippen LogP contribution < -0.4 is 4.74 Å². The van der Waals surface area contributed by atoms with Crippen molar-refractivity contribution >= 4 is 0 Å². The largest absolute Gasteiger partial charge is 0.496 e. The summed E-state index contributed by atoms with van der Waals surface area (Å²) in [5.74, 6) is 1.03. The molecule has 0 radical (unpaired) electrons. The van der Waals surface area contributed by atoms with Gasteiger partial charge in [-0.1, -0.05) is 6.07 Å². The first kappa shape index (κ1) is 16.9. The van der Waals surface area contributed by atoms with E-state index < -0.39 is 0 Å². The molecule has 1 aromatic heterocycles. The van der Waals surface area contributed by atoms with Crippen LogP contribution in [0.1, 0.15) is 11.1 Å². The van der Waals surface area contributed by atoms with E-state index in [2.05, 4.69) is 27.1 Å². The van der Waals surface area contributed by atoms with E-state index >= 15 is 0 Å². The molecule has 3 rings (SSSR count). The second-order valence-corrected chi connectivity index (χ2v) is 6.10. The molecule has 130 valence electrons. The minimum Gasteiger partial charge on any atom is -0.496 e. The van der Waals surface area contributed by atoms with Crippen molar-refractivity contribution in [3.05, 3.63) is 42.0 Å². The fraction of sp³-hybridized carbons (Fsp3) is 0.529. The number of hydrogen-bond donors (Lipinski definition) is 1. The van der Waals surface area contributed by atoms with Crippen LogP contribution in [0.4, 0.5) is 0 Å². The molecule has 0 unspecified atom stereocenters. The fourth-order valence-electron chi connectivity index (χ4n) is 3.01. The van der Waals surface area contributed by atoms with Gasteiger partial charge in [0.05, 0.1) is 26.9 Å². The summed E-state index contributed by atoms with van der Waals surface area (Å²) in [5.41, 5.74) is 2.29. The Balaban J connectivity index is 1.73. The molecule has 0 spiro atoms. The Morgan fingerprint density at radius 2 is 2.29 bits per heavy atom. The fourth-order valence-corrected chi connectivity index (χ4v) is 3.01. The van der Waals surface area contributed by atoms with Crippen molar-refractivity contribution in [1.29, 1.82) is 0 Å². The summed E-state index contributed by atoms with van der Waals surface area (Å²) in [6.45, 7) is 4.68. The molecule has 7 heteroatoms. The zero-order valence-corrected chi connectivity index (χ0v) is 14.0. The zero-order chi connectivity index (χ0) is 16.8. The standard InChI is InChI=1S/C17H24N4O3/c1-23-17-3-2-14(6-16(17)9-21-13-18-12-19-21)7-20-4-5-24-11-15(8-20)10-22/h2-3,6,12-13,15,22H,4-5,7-11H2,1H3/t15-/m0/s1. The molecule has 1 aromatic carbocycles. The molecule has 1 aliphatic rings. The maximum absolute atomic E-state index is 9.42. The van der Waals surface area contributed by atoms with Crippen molar-refractivity contribution in [2.45, 2.75) is 13.1 Å². The Labute approximate surface area is 141 Å². The van der Waals surface area contributed by atoms with Crippen molar-refractivity contribution in [1.82, 2.24) is 19.7 Å². The smallest absolute Gasteiger partial charge is 0.137 e. The van der Waals surface area contributed by atoms with Crippen LogP contribution in [0, 0.1) is 5.92 Å². The minimum atomic E-state index is 0.163. The average molecular weight is 332 g/mol. The first-order valence-electron chi connectivity index (χ1n) is 8.17. The second-order valence-electron chi connectivity index (χ2n) is 6.10. The van der Waals surface area contributed by atoms with Crippen molar-refractivity contribution in [2.24, 2.45) is 5.92 Å². The molecule has 0 aliphatic carbocycles. The molecule has 24 heavy (non-hydrogen) atoms. The van der Waals surface area contributed by atoms with Gasteiger partial charge in [0.2, 0.25) is 0 Å². The van der Waals surface area contributed by atoms with Crippen LogP contribution in [0.5, 0.6) is 5.75 Å². The SMILES string of the molecule is COc1ccc(CN2CCOC[C@H](CO)C2)cc1Cn1cncn1. The summed E-state index contributed by atoms with van der Waals surface area (Å²) in [6, 6.07) is 6.24. The lowest BCUT2D eigenvalue weighted by Crippen LogP contribution is -2.31. The first-order chi connectivity index (χ1) is 11.8. The third-order valence-electron chi connectivity index (χ3n) is 4.23. The van der Waals surface area contributed by atoms with Crippen molar-refractivity contribution < 1.29 is 14.6 Å². The van der Waals surface area contributed by atoms with Gasteiger partial charge in [0, 0.05) is 37.7 Å². The summed E-state index contributed by atoms with van der Waals surface area (Å²) < 4.78 is 12.8. The Kier molecular flexibility index (Phi) is 5.79. The summed E-state index contributed by atoms with van der Waals surface area (Å²) >= 11 is 0. The molecule has 7 nitrogen and oxygen atoms in total. The van der Waals surface area contributed by atoms with Gasteiger partial charge in [-0.15, -0.1) is 0 Å². The topological polar surface area (TPSA) is 72.6 Å². The van der Waals surface area contributed by atoms with E-state index in [-0.39, 0.29) is 12.5 Å². The van der Waals surface area contributed by atoms with Gasteiger partial charge in [-0.3, -0.25) is 4.90 Å². The summed E-state index contributed by atoms with van der Waals surface area (Å²) in [5, 5.41) is 13.6. The molecule has 0 bridgehead atoms. The number of aliphatic hydroxyl groups excluding tert-OH is 1. The number of ether oxygens (including phenoxy) is 2. The number of nitrogens with zero attached hydrogens (tertiary/aromatic N) is 4. The lowest BCUT2D eigenvalue weighted by molar-refractivity contribution is 0.0958. The molecule has 0 saturated carbocycles. The van der Waals surface area contributed by atoms with E-state index in [1.165, 1.54) is 11.9 Å². The van der Waals surface area contributed by atoms with Crippen LogP contribution in [0.15, 0.2) is 30.9 Å². The van der Waals surface area contributed by atoms with Crippen LogP contribution in [-0.2, 0) is 17.8 Å². The van der Waals surface area contributed by atoms with Gasteiger partial charge >= 0.3 is 0 Å². The number of hydrogen-bond acceptors (Lipinski definition) is 6. The highest BCUT2D eigenvalue weighted by atomic mass is 16.5. The van der Waals surface area contributed by atoms with Gasteiger partial charge in [-0.25, -0.2) is 9.67 Å². The predicted octanol–water partition coefficient (Wildman–Crippen LogP) is 0.776. The number of aliphatic hydroxyl groups is 1. The lowest BCUT2D eigenvalue weighted by atomic mass is 10.1. The number of benzene rings is 1. The second kappa shape index (κ2) is 8.23. The average Bonchev–Trinajstić information content (AvgIpc) is 3.00. The molecule has 1 fully saturated rings. The maximum atomic E-state index is 9.42. The Hall–Kier alpha value is -1.96. The van der Waals surface area contributed by atoms with E-state index in [9.17, 15) is 5.11 Å². The number of aromatic nitrogens is 3. The van der Waals surface area contributed by atoms with E-state index in [4.69, 9.17) is 9.47 Å². The molecule has 2 aromatic rings. The lowest BCUT2D eigenvalue weighted by Gasteiger charge is -2.23. The summed E-state index contributed by atoms with van der Waals surface area (Å²) in [7, 11) is 1.68. The first-order valence-corrected chi connectivity index (χ1v) is 8.17. The maximum Gasteiger partial charge on any atom is 0.137 e. The molecule has 1 saturated heterocycles. The van der Waals surface area contributed by atoms with Crippen molar-refractivity contribution in [2.75, 3.05) is 40.0 Å². The highest BCUT2D eigenvalue weighted by Gasteiger charge is 2.18. The van der Waals surface area contributed by atoms with Gasteiger partial charge in [0.15, 0.2) is 0 Å². The van der Waals surface area contributed by atoms with Crippen LogP contribution in [0.3, 0.4) is 0 Å². The van der Waals surface area contributed by atoms with Crippen molar-refractivity contribution in [3.63, 3.8) is 0 Å². The highest BCUT2D eigenvalue weighted by molar-refractivity contribution is 5.37. The van der Waals surface area contributed by atoms with Crippen molar-refractivity contribution in [3.8, 4) is 5.75 Å². The molecule has 1 atom stereocenters. The quantitative estimate of drug-likeness (QED) is 0.843. The third-order valence-corrected chi connectivity index (χ3v) is 4.23. The van der Waals surface area contributed by atoms with E-state index in [0.717, 1.165) is 30.9 Å². The van der Waals surface area contributed by atoms with Gasteiger partial charge in [-0.05, 0) is 17.7 Å². The van der Waals surface area contributed by atoms with Gasteiger partial charge < -0.3 is 14.6 Å². The van der Waals surface area contributed by atoms with Crippen LogP contribution in [0.25, 0.3) is 0 Å². The van der Waals surface area contributed by atoms with Crippen LogP contribution >= 0.6 is 0 Å². The van der Waals surface area contributed by atoms with Crippen LogP contribution in [0.2, 0.25) is 0 Å². The highest BCUT2D eigenvalue weighted by Crippen LogP contribution is 2.22. The molecule has 1 aliphatic heterocycles. The monoisotopic (exact) mass is 332 g/mol. The zero-order valence-electron chi connectivity index (χ0n) is 14.0. The Morgan fingerprint density at radius 3 is 3.04 bits per heavy atom. The van der Waals surface area contributed by atoms with E-state index in [0.29, 0.717) is 19.8 Å². The summed E-state index contributed by atoms with van der Waals surface area (Å²) in [4.78, 5) is 6.31. The molecule has 1 N–H and O–H groups in total. The van der Waals surface area contributed by atoms with Gasteiger partial charge in [-0.2, -0.15) is 5.10 Å². The molecule has 0 amide bonds. The molecular formula is C17H24N4O3. The molecular weight excluding hydrogens is 308 g/mol.